The highest BCUT2D eigenvalue weighted by molar-refractivity contribution is 5.43. The Hall–Kier alpha value is -1.08. The van der Waals surface area contributed by atoms with Gasteiger partial charge in [0.05, 0.1) is 0 Å². The number of nitrogens with one attached hydrogen (secondary N) is 1. The van der Waals surface area contributed by atoms with Crippen molar-refractivity contribution in [3.05, 3.63) is 46.5 Å². The van der Waals surface area contributed by atoms with E-state index in [1.807, 2.05) is 0 Å². The van der Waals surface area contributed by atoms with E-state index in [1.165, 1.54) is 36.0 Å². The van der Waals surface area contributed by atoms with Crippen LogP contribution in [0.15, 0.2) is 24.3 Å². The van der Waals surface area contributed by atoms with Gasteiger partial charge in [-0.2, -0.15) is 0 Å². The van der Waals surface area contributed by atoms with E-state index in [4.69, 9.17) is 0 Å². The van der Waals surface area contributed by atoms with Crippen LogP contribution in [0.5, 0.6) is 0 Å². The van der Waals surface area contributed by atoms with Crippen LogP contribution in [0.4, 0.5) is 0 Å². The lowest BCUT2D eigenvalue weighted by Gasteiger charge is -2.36. The van der Waals surface area contributed by atoms with Gasteiger partial charge in [-0.25, -0.2) is 0 Å². The van der Waals surface area contributed by atoms with Crippen LogP contribution in [0.25, 0.3) is 0 Å². The van der Waals surface area contributed by atoms with Gasteiger partial charge in [0.1, 0.15) is 0 Å². The lowest BCUT2D eigenvalue weighted by molar-refractivity contribution is 0.328. The smallest absolute Gasteiger partial charge is 0.0362 e. The van der Waals surface area contributed by atoms with Crippen LogP contribution < -0.4 is 5.32 Å². The van der Waals surface area contributed by atoms with Crippen molar-refractivity contribution >= 4 is 0 Å². The average molecular weight is 300 g/mol. The van der Waals surface area contributed by atoms with E-state index in [0.29, 0.717) is 18.0 Å². The van der Waals surface area contributed by atoms with Crippen LogP contribution in [0.3, 0.4) is 0 Å². The molecule has 1 heterocycles. The lowest BCUT2D eigenvalue weighted by atomic mass is 9.81. The highest BCUT2D eigenvalue weighted by Crippen LogP contribution is 2.34. The quantitative estimate of drug-likeness (QED) is 0.695. The predicted molar refractivity (Wildman–Crippen MR) is 97.5 cm³/mol. The van der Waals surface area contributed by atoms with E-state index in [0.717, 1.165) is 12.8 Å². The van der Waals surface area contributed by atoms with Crippen LogP contribution >= 0.6 is 0 Å². The molecule has 0 bridgehead atoms. The molecule has 1 heteroatoms. The summed E-state index contributed by atoms with van der Waals surface area (Å²) in [6.45, 7) is 15.5. The Labute approximate surface area is 137 Å². The van der Waals surface area contributed by atoms with Crippen molar-refractivity contribution in [2.45, 2.75) is 78.8 Å². The van der Waals surface area contributed by atoms with Crippen LogP contribution in [-0.4, -0.2) is 6.04 Å². The van der Waals surface area contributed by atoms with E-state index < -0.39 is 0 Å². The van der Waals surface area contributed by atoms with Crippen molar-refractivity contribution < 1.29 is 0 Å². The van der Waals surface area contributed by atoms with Crippen molar-refractivity contribution in [2.24, 2.45) is 5.92 Å². The van der Waals surface area contributed by atoms with Crippen molar-refractivity contribution in [3.8, 4) is 0 Å². The topological polar surface area (TPSA) is 12.0 Å². The first-order valence-corrected chi connectivity index (χ1v) is 9.01. The summed E-state index contributed by atoms with van der Waals surface area (Å²) < 4.78 is 0. The fraction of sp³-hybridized carbons (Fsp3) is 0.619. The standard InChI is InChI=1S/C21H33N/c1-7-9-17-11-18-13-20(15(5)6)22-21(10-14(3)4)19(18)12-16(17)8-2/h11-12,15,20-22H,3,7-10,13H2,1-2,4-6H3. The lowest BCUT2D eigenvalue weighted by Crippen LogP contribution is -2.43. The van der Waals surface area contributed by atoms with Crippen molar-refractivity contribution in [1.82, 2.24) is 5.32 Å². The summed E-state index contributed by atoms with van der Waals surface area (Å²) in [6.07, 6.45) is 5.79. The molecule has 2 atom stereocenters. The Morgan fingerprint density at radius 2 is 2.00 bits per heavy atom. The summed E-state index contributed by atoms with van der Waals surface area (Å²) in [5.74, 6) is 0.668. The Bertz CT molecular complexity index is 527. The van der Waals surface area contributed by atoms with Gasteiger partial charge in [0.25, 0.3) is 0 Å². The highest BCUT2D eigenvalue weighted by Gasteiger charge is 2.28. The Morgan fingerprint density at radius 3 is 2.55 bits per heavy atom. The average Bonchev–Trinajstić information content (AvgIpc) is 2.46. The van der Waals surface area contributed by atoms with Gasteiger partial charge in [-0.1, -0.05) is 51.8 Å². The molecule has 1 aliphatic rings. The summed E-state index contributed by atoms with van der Waals surface area (Å²) in [5, 5.41) is 3.88. The van der Waals surface area contributed by atoms with Crippen LogP contribution in [0.1, 0.15) is 75.8 Å². The van der Waals surface area contributed by atoms with E-state index >= 15 is 0 Å². The normalized spacial score (nSPS) is 21.0. The molecule has 122 valence electrons. The molecule has 0 spiro atoms. The fourth-order valence-electron chi connectivity index (χ4n) is 3.68. The van der Waals surface area contributed by atoms with Gasteiger partial charge < -0.3 is 5.32 Å². The molecule has 2 unspecified atom stereocenters. The molecule has 1 aromatic carbocycles. The second kappa shape index (κ2) is 7.46. The molecule has 1 aliphatic heterocycles. The molecule has 0 radical (unpaired) electrons. The second-order valence-electron chi connectivity index (χ2n) is 7.36. The van der Waals surface area contributed by atoms with Gasteiger partial charge in [-0.05, 0) is 60.8 Å². The Morgan fingerprint density at radius 1 is 1.27 bits per heavy atom. The first kappa shape index (κ1) is 17.3. The molecule has 0 aromatic heterocycles. The van der Waals surface area contributed by atoms with Crippen LogP contribution in [0.2, 0.25) is 0 Å². The van der Waals surface area contributed by atoms with Gasteiger partial charge in [0.15, 0.2) is 0 Å². The van der Waals surface area contributed by atoms with Crippen LogP contribution in [0, 0.1) is 5.92 Å². The summed E-state index contributed by atoms with van der Waals surface area (Å²) in [4.78, 5) is 0. The molecule has 1 nitrogen and oxygen atoms in total. The third kappa shape index (κ3) is 3.81. The third-order valence-corrected chi connectivity index (χ3v) is 4.95. The zero-order valence-corrected chi connectivity index (χ0v) is 15.1. The first-order chi connectivity index (χ1) is 10.5. The molecule has 1 N–H and O–H groups in total. The van der Waals surface area contributed by atoms with Gasteiger partial charge in [-0.15, -0.1) is 6.58 Å². The number of benzene rings is 1. The molecule has 1 aromatic rings. The first-order valence-electron chi connectivity index (χ1n) is 9.01. The molecule has 0 saturated heterocycles. The van der Waals surface area contributed by atoms with Gasteiger partial charge >= 0.3 is 0 Å². The summed E-state index contributed by atoms with van der Waals surface area (Å²) in [6, 6.07) is 6.02. The number of rotatable bonds is 6. The maximum absolute atomic E-state index is 4.14. The predicted octanol–water partition coefficient (Wildman–Crippen LogP) is 5.38. The van der Waals surface area contributed by atoms with Gasteiger partial charge in [-0.3, -0.25) is 0 Å². The zero-order chi connectivity index (χ0) is 16.3. The Balaban J connectivity index is 2.44. The highest BCUT2D eigenvalue weighted by atomic mass is 15.0. The maximum Gasteiger partial charge on any atom is 0.0362 e. The maximum atomic E-state index is 4.14. The van der Waals surface area contributed by atoms with E-state index in [9.17, 15) is 0 Å². The number of aryl methyl sites for hydroxylation is 2. The van der Waals surface area contributed by atoms with E-state index in [1.54, 1.807) is 11.1 Å². The summed E-state index contributed by atoms with van der Waals surface area (Å²) in [7, 11) is 0. The second-order valence-corrected chi connectivity index (χ2v) is 7.36. The molecule has 0 amide bonds. The number of fused-ring (bicyclic) bond motifs is 1. The monoisotopic (exact) mass is 299 g/mol. The largest absolute Gasteiger partial charge is 0.306 e. The minimum absolute atomic E-state index is 0.439. The number of hydrogen-bond acceptors (Lipinski definition) is 1. The molecule has 0 fully saturated rings. The van der Waals surface area contributed by atoms with E-state index in [2.05, 4.69) is 58.6 Å². The minimum atomic E-state index is 0.439. The minimum Gasteiger partial charge on any atom is -0.306 e. The van der Waals surface area contributed by atoms with Crippen LogP contribution in [-0.2, 0) is 19.3 Å². The van der Waals surface area contributed by atoms with Crippen molar-refractivity contribution in [3.63, 3.8) is 0 Å². The van der Waals surface area contributed by atoms with Gasteiger partial charge in [0, 0.05) is 12.1 Å². The third-order valence-electron chi connectivity index (χ3n) is 4.95. The van der Waals surface area contributed by atoms with Crippen molar-refractivity contribution in [1.29, 1.82) is 0 Å². The Kier molecular flexibility index (Phi) is 5.86. The zero-order valence-electron chi connectivity index (χ0n) is 15.1. The van der Waals surface area contributed by atoms with Crippen molar-refractivity contribution in [2.75, 3.05) is 0 Å². The molecule has 2 rings (SSSR count). The molecule has 0 aliphatic carbocycles. The molecular weight excluding hydrogens is 266 g/mol. The number of hydrogen-bond donors (Lipinski definition) is 1. The molecule has 22 heavy (non-hydrogen) atoms. The fourth-order valence-corrected chi connectivity index (χ4v) is 3.68. The molecular formula is C21H33N. The summed E-state index contributed by atoms with van der Waals surface area (Å²) in [5.41, 5.74) is 7.48. The molecule has 0 saturated carbocycles. The summed E-state index contributed by atoms with van der Waals surface area (Å²) >= 11 is 0. The SMILES string of the molecule is C=C(C)CC1NC(C(C)C)Cc2cc(CCC)c(CC)cc21. The van der Waals surface area contributed by atoms with E-state index in [-0.39, 0.29) is 0 Å². The van der Waals surface area contributed by atoms with Gasteiger partial charge in [0.2, 0.25) is 0 Å².